The summed E-state index contributed by atoms with van der Waals surface area (Å²) in [5.41, 5.74) is 5.93. The average Bonchev–Trinajstić information content (AvgIpc) is 2.83. The Balaban J connectivity index is 1.94. The van der Waals surface area contributed by atoms with Crippen LogP contribution in [-0.4, -0.2) is 25.0 Å². The summed E-state index contributed by atoms with van der Waals surface area (Å²) in [6, 6.07) is 11.1. The van der Waals surface area contributed by atoms with Gasteiger partial charge in [-0.25, -0.2) is 0 Å². The van der Waals surface area contributed by atoms with Gasteiger partial charge in [0.1, 0.15) is 0 Å². The Bertz CT molecular complexity index is 437. The topological polar surface area (TPSA) is 46.1 Å². The molecule has 0 aromatic heterocycles. The van der Waals surface area contributed by atoms with Crippen molar-refractivity contribution in [2.24, 2.45) is 5.41 Å². The van der Waals surface area contributed by atoms with Crippen LogP contribution in [0.2, 0.25) is 0 Å². The predicted molar refractivity (Wildman–Crippen MR) is 73.5 cm³/mol. The van der Waals surface area contributed by atoms with Crippen LogP contribution in [-0.2, 0) is 9.47 Å². The second-order valence-electron chi connectivity index (χ2n) is 6.60. The highest BCUT2D eigenvalue weighted by Gasteiger charge is 2.54. The van der Waals surface area contributed by atoms with Gasteiger partial charge < -0.3 is 15.2 Å². The zero-order valence-corrected chi connectivity index (χ0v) is 11.9. The van der Waals surface area contributed by atoms with Gasteiger partial charge in [-0.3, -0.25) is 0 Å². The van der Waals surface area contributed by atoms with Crippen LogP contribution in [0, 0.1) is 5.41 Å². The summed E-state index contributed by atoms with van der Waals surface area (Å²) >= 11 is 0. The predicted octanol–water partition coefficient (Wildman–Crippen LogP) is 1.94. The van der Waals surface area contributed by atoms with E-state index >= 15 is 0 Å². The molecule has 1 aliphatic heterocycles. The highest BCUT2D eigenvalue weighted by Crippen LogP contribution is 2.49. The molecule has 1 aromatic rings. The number of ether oxygens (including phenoxy) is 2. The van der Waals surface area contributed by atoms with E-state index in [-0.39, 0.29) is 11.2 Å². The Kier molecular flexibility index (Phi) is 3.16. The van der Waals surface area contributed by atoms with E-state index in [0.717, 1.165) is 26.1 Å². The summed E-state index contributed by atoms with van der Waals surface area (Å²) in [6.45, 7) is 6.01. The highest BCUT2D eigenvalue weighted by atomic mass is 16.7. The Hall–Kier alpha value is -0.900. The zero-order chi connectivity index (χ0) is 13.5. The lowest BCUT2D eigenvalue weighted by atomic mass is 9.64. The van der Waals surface area contributed by atoms with Gasteiger partial charge in [0.25, 0.3) is 0 Å². The maximum Gasteiger partial charge on any atom is 0.170 e. The molecule has 2 atom stereocenters. The molecule has 3 heteroatoms. The van der Waals surface area contributed by atoms with Crippen LogP contribution in [0.3, 0.4) is 0 Å². The molecule has 1 spiro atoms. The number of benzene rings is 1. The summed E-state index contributed by atoms with van der Waals surface area (Å²) < 4.78 is 11.9. The van der Waals surface area contributed by atoms with E-state index in [4.69, 9.17) is 9.47 Å². The molecule has 1 saturated heterocycles. The van der Waals surface area contributed by atoms with E-state index in [1.807, 2.05) is 0 Å². The first-order valence-corrected chi connectivity index (χ1v) is 7.18. The molecule has 1 heterocycles. The van der Waals surface area contributed by atoms with Crippen LogP contribution in [0.15, 0.2) is 30.3 Å². The standard InChI is InChI=1S/C16H23NO2/c1-15(2)11-16(18-8-9-19-16)10-13(14(15)17)12-6-4-3-5-7-12/h3-7,13-14H,8-11,17H2,1-2H3/p+1/t13-,14-/m1/s1. The van der Waals surface area contributed by atoms with Crippen LogP contribution in [0.1, 0.15) is 38.2 Å². The fraction of sp³-hybridized carbons (Fsp3) is 0.625. The molecular formula is C16H24NO2+. The molecule has 0 amide bonds. The number of hydrogen-bond acceptors (Lipinski definition) is 2. The Morgan fingerprint density at radius 1 is 1.11 bits per heavy atom. The van der Waals surface area contributed by atoms with Crippen LogP contribution in [0.25, 0.3) is 0 Å². The van der Waals surface area contributed by atoms with Gasteiger partial charge in [-0.05, 0) is 5.56 Å². The normalized spacial score (nSPS) is 32.6. The van der Waals surface area contributed by atoms with Crippen LogP contribution >= 0.6 is 0 Å². The van der Waals surface area contributed by atoms with E-state index in [1.54, 1.807) is 0 Å². The maximum absolute atomic E-state index is 5.97. The zero-order valence-electron chi connectivity index (χ0n) is 11.9. The van der Waals surface area contributed by atoms with E-state index in [2.05, 4.69) is 49.9 Å². The van der Waals surface area contributed by atoms with Crippen molar-refractivity contribution in [1.29, 1.82) is 0 Å². The summed E-state index contributed by atoms with van der Waals surface area (Å²) in [6.07, 6.45) is 1.87. The van der Waals surface area contributed by atoms with Crippen molar-refractivity contribution in [1.82, 2.24) is 0 Å². The van der Waals surface area contributed by atoms with Gasteiger partial charge in [0.05, 0.1) is 19.3 Å². The molecule has 0 radical (unpaired) electrons. The molecule has 1 saturated carbocycles. The summed E-state index contributed by atoms with van der Waals surface area (Å²) in [7, 11) is 0. The van der Waals surface area contributed by atoms with Crippen molar-refractivity contribution in [3.8, 4) is 0 Å². The Morgan fingerprint density at radius 2 is 1.74 bits per heavy atom. The molecule has 3 nitrogen and oxygen atoms in total. The molecule has 2 aliphatic rings. The minimum atomic E-state index is -0.377. The first kappa shape index (κ1) is 13.1. The lowest BCUT2D eigenvalue weighted by Crippen LogP contribution is -2.73. The fourth-order valence-corrected chi connectivity index (χ4v) is 3.69. The molecule has 2 fully saturated rings. The van der Waals surface area contributed by atoms with Gasteiger partial charge in [0, 0.05) is 24.2 Å². The second-order valence-corrected chi connectivity index (χ2v) is 6.60. The number of rotatable bonds is 1. The third kappa shape index (κ3) is 2.31. The third-order valence-electron chi connectivity index (χ3n) is 4.79. The van der Waals surface area contributed by atoms with E-state index < -0.39 is 0 Å². The van der Waals surface area contributed by atoms with Gasteiger partial charge in [0.2, 0.25) is 0 Å². The molecule has 104 valence electrons. The summed E-state index contributed by atoms with van der Waals surface area (Å²) in [5, 5.41) is 0. The monoisotopic (exact) mass is 262 g/mol. The highest BCUT2D eigenvalue weighted by molar-refractivity contribution is 5.23. The van der Waals surface area contributed by atoms with Gasteiger partial charge in [-0.1, -0.05) is 44.2 Å². The van der Waals surface area contributed by atoms with E-state index in [9.17, 15) is 0 Å². The van der Waals surface area contributed by atoms with Gasteiger partial charge >= 0.3 is 0 Å². The minimum absolute atomic E-state index is 0.128. The molecule has 3 N–H and O–H groups in total. The minimum Gasteiger partial charge on any atom is -0.354 e. The van der Waals surface area contributed by atoms with E-state index in [1.165, 1.54) is 5.56 Å². The van der Waals surface area contributed by atoms with Crippen LogP contribution in [0.5, 0.6) is 0 Å². The quantitative estimate of drug-likeness (QED) is 0.840. The van der Waals surface area contributed by atoms with Crippen molar-refractivity contribution >= 4 is 0 Å². The van der Waals surface area contributed by atoms with Gasteiger partial charge in [-0.15, -0.1) is 0 Å². The Labute approximate surface area is 115 Å². The van der Waals surface area contributed by atoms with Gasteiger partial charge in [0.15, 0.2) is 5.79 Å². The van der Waals surface area contributed by atoms with Crippen LogP contribution in [0.4, 0.5) is 0 Å². The molecule has 1 aromatic carbocycles. The molecular weight excluding hydrogens is 238 g/mol. The largest absolute Gasteiger partial charge is 0.354 e. The lowest BCUT2D eigenvalue weighted by Gasteiger charge is -2.47. The van der Waals surface area contributed by atoms with Crippen molar-refractivity contribution in [2.45, 2.75) is 44.4 Å². The molecule has 1 aliphatic carbocycles. The fourth-order valence-electron chi connectivity index (χ4n) is 3.69. The first-order valence-electron chi connectivity index (χ1n) is 7.18. The molecule has 3 rings (SSSR count). The smallest absolute Gasteiger partial charge is 0.170 e. The number of hydrogen-bond donors (Lipinski definition) is 1. The number of quaternary nitrogens is 1. The maximum atomic E-state index is 5.97. The third-order valence-corrected chi connectivity index (χ3v) is 4.79. The van der Waals surface area contributed by atoms with Crippen molar-refractivity contribution in [3.05, 3.63) is 35.9 Å². The summed E-state index contributed by atoms with van der Waals surface area (Å²) in [4.78, 5) is 0. The molecule has 19 heavy (non-hydrogen) atoms. The average molecular weight is 262 g/mol. The van der Waals surface area contributed by atoms with Crippen LogP contribution < -0.4 is 5.73 Å². The second kappa shape index (κ2) is 4.58. The molecule has 0 bridgehead atoms. The van der Waals surface area contributed by atoms with Crippen molar-refractivity contribution in [3.63, 3.8) is 0 Å². The summed E-state index contributed by atoms with van der Waals surface area (Å²) in [5.74, 6) is 0.0288. The van der Waals surface area contributed by atoms with E-state index in [0.29, 0.717) is 12.0 Å². The molecule has 0 unspecified atom stereocenters. The first-order chi connectivity index (χ1) is 9.03. The lowest BCUT2D eigenvalue weighted by molar-refractivity contribution is -0.466. The van der Waals surface area contributed by atoms with Crippen molar-refractivity contribution in [2.75, 3.05) is 13.2 Å². The van der Waals surface area contributed by atoms with Crippen molar-refractivity contribution < 1.29 is 15.2 Å². The van der Waals surface area contributed by atoms with Gasteiger partial charge in [-0.2, -0.15) is 0 Å². The SMILES string of the molecule is CC1(C)CC2(C[C@H](c3ccccc3)[C@H]1[NH3+])OCCO2. The Morgan fingerprint density at radius 3 is 2.37 bits per heavy atom.